The van der Waals surface area contributed by atoms with E-state index in [0.717, 1.165) is 22.8 Å². The first-order valence-corrected chi connectivity index (χ1v) is 8.41. The van der Waals surface area contributed by atoms with Gasteiger partial charge in [0.05, 0.1) is 19.2 Å². The molecule has 6 heteroatoms. The maximum atomic E-state index is 6.41. The van der Waals surface area contributed by atoms with Crippen LogP contribution in [0.3, 0.4) is 0 Å². The molecule has 1 heterocycles. The standard InChI is InChI=1S/C11H5BrCl3IS/c12-11-7(14)4-9(17-11)10(15)5-1-2-8(16)6(13)3-5/h1-4,10H. The third-order valence-corrected chi connectivity index (χ3v) is 6.88. The second-order valence-corrected chi connectivity index (χ2v) is 8.12. The Morgan fingerprint density at radius 2 is 1.88 bits per heavy atom. The molecule has 0 N–H and O–H groups in total. The summed E-state index contributed by atoms with van der Waals surface area (Å²) in [6, 6.07) is 7.70. The molecule has 0 aliphatic carbocycles. The molecule has 0 saturated heterocycles. The molecule has 1 aromatic carbocycles. The molecule has 0 spiro atoms. The Kier molecular flexibility index (Phi) is 5.06. The average Bonchev–Trinajstić information content (AvgIpc) is 2.62. The molecule has 1 unspecified atom stereocenters. The van der Waals surface area contributed by atoms with E-state index in [2.05, 4.69) is 38.5 Å². The molecule has 0 bridgehead atoms. The van der Waals surface area contributed by atoms with E-state index in [-0.39, 0.29) is 5.38 Å². The van der Waals surface area contributed by atoms with E-state index in [1.165, 1.54) is 11.3 Å². The minimum absolute atomic E-state index is 0.224. The molecule has 0 aliphatic rings. The lowest BCUT2D eigenvalue weighted by Gasteiger charge is -2.08. The number of halogens is 5. The Morgan fingerprint density at radius 1 is 1.18 bits per heavy atom. The molecule has 1 aromatic heterocycles. The van der Waals surface area contributed by atoms with E-state index < -0.39 is 0 Å². The lowest BCUT2D eigenvalue weighted by atomic mass is 10.1. The van der Waals surface area contributed by atoms with Crippen LogP contribution in [0.1, 0.15) is 15.8 Å². The molecule has 0 amide bonds. The van der Waals surface area contributed by atoms with Gasteiger partial charge in [0.2, 0.25) is 0 Å². The molecule has 0 saturated carbocycles. The van der Waals surface area contributed by atoms with Gasteiger partial charge in [-0.3, -0.25) is 0 Å². The minimum Gasteiger partial charge on any atom is -0.130 e. The zero-order chi connectivity index (χ0) is 12.6. The Morgan fingerprint density at radius 3 is 2.41 bits per heavy atom. The molecule has 0 fully saturated rings. The Hall–Kier alpha value is 1.000. The maximum absolute atomic E-state index is 6.41. The number of hydrogen-bond acceptors (Lipinski definition) is 1. The SMILES string of the molecule is Clc1cc(C(Cl)c2cc(Cl)c(Br)s2)ccc1I. The molecule has 2 rings (SSSR count). The van der Waals surface area contributed by atoms with Gasteiger partial charge in [-0.1, -0.05) is 29.3 Å². The number of benzene rings is 1. The molecule has 90 valence electrons. The lowest BCUT2D eigenvalue weighted by Crippen LogP contribution is -1.90. The molecule has 0 radical (unpaired) electrons. The van der Waals surface area contributed by atoms with Gasteiger partial charge in [0.1, 0.15) is 0 Å². The van der Waals surface area contributed by atoms with Crippen molar-refractivity contribution < 1.29 is 0 Å². The second kappa shape index (κ2) is 5.97. The van der Waals surface area contributed by atoms with Crippen molar-refractivity contribution in [2.45, 2.75) is 5.38 Å². The summed E-state index contributed by atoms with van der Waals surface area (Å²) >= 11 is 25.6. The zero-order valence-electron chi connectivity index (χ0n) is 8.18. The first kappa shape index (κ1) is 14.4. The highest BCUT2D eigenvalue weighted by atomic mass is 127. The summed E-state index contributed by atoms with van der Waals surface area (Å²) in [5, 5.41) is 1.18. The molecule has 2 aromatic rings. The van der Waals surface area contributed by atoms with Crippen molar-refractivity contribution in [1.29, 1.82) is 0 Å². The molecule has 0 nitrogen and oxygen atoms in total. The average molecular weight is 482 g/mol. The van der Waals surface area contributed by atoms with Crippen LogP contribution in [0, 0.1) is 3.57 Å². The molecular weight excluding hydrogens is 477 g/mol. The van der Waals surface area contributed by atoms with Crippen molar-refractivity contribution >= 4 is 84.7 Å². The quantitative estimate of drug-likeness (QED) is 0.328. The highest BCUT2D eigenvalue weighted by Crippen LogP contribution is 2.40. The van der Waals surface area contributed by atoms with Crippen LogP contribution in [0.15, 0.2) is 28.1 Å². The summed E-state index contributed by atoms with van der Waals surface area (Å²) in [5.41, 5.74) is 0.975. The van der Waals surface area contributed by atoms with Crippen molar-refractivity contribution in [1.82, 2.24) is 0 Å². The summed E-state index contributed by atoms with van der Waals surface area (Å²) in [6.45, 7) is 0. The first-order chi connectivity index (χ1) is 7.99. The van der Waals surface area contributed by atoms with Crippen LogP contribution in [0.4, 0.5) is 0 Å². The monoisotopic (exact) mass is 480 g/mol. The maximum Gasteiger partial charge on any atom is 0.0929 e. The van der Waals surface area contributed by atoms with Crippen LogP contribution in [0.25, 0.3) is 0 Å². The van der Waals surface area contributed by atoms with E-state index in [1.807, 2.05) is 24.3 Å². The summed E-state index contributed by atoms with van der Waals surface area (Å²) in [7, 11) is 0. The van der Waals surface area contributed by atoms with Gasteiger partial charge in [-0.25, -0.2) is 0 Å². The fourth-order valence-electron chi connectivity index (χ4n) is 1.32. The minimum atomic E-state index is -0.224. The second-order valence-electron chi connectivity index (χ2n) is 3.31. The van der Waals surface area contributed by atoms with E-state index in [4.69, 9.17) is 34.8 Å². The third kappa shape index (κ3) is 3.31. The van der Waals surface area contributed by atoms with Crippen LogP contribution < -0.4 is 0 Å². The van der Waals surface area contributed by atoms with E-state index in [0.29, 0.717) is 5.02 Å². The molecule has 17 heavy (non-hydrogen) atoms. The van der Waals surface area contributed by atoms with Gasteiger partial charge in [0, 0.05) is 8.45 Å². The van der Waals surface area contributed by atoms with Crippen molar-refractivity contribution in [3.05, 3.63) is 52.1 Å². The van der Waals surface area contributed by atoms with Crippen LogP contribution >= 0.6 is 84.7 Å². The highest BCUT2D eigenvalue weighted by Gasteiger charge is 2.16. The zero-order valence-corrected chi connectivity index (χ0v) is 15.0. The largest absolute Gasteiger partial charge is 0.130 e. The summed E-state index contributed by atoms with van der Waals surface area (Å²) in [6.07, 6.45) is 0. The first-order valence-electron chi connectivity index (χ1n) is 4.53. The van der Waals surface area contributed by atoms with Gasteiger partial charge in [-0.2, -0.15) is 0 Å². The fraction of sp³-hybridized carbons (Fsp3) is 0.0909. The Bertz CT molecular complexity index is 536. The van der Waals surface area contributed by atoms with Crippen molar-refractivity contribution in [3.63, 3.8) is 0 Å². The van der Waals surface area contributed by atoms with Crippen LogP contribution in [-0.4, -0.2) is 0 Å². The van der Waals surface area contributed by atoms with Crippen molar-refractivity contribution in [3.8, 4) is 0 Å². The fourth-order valence-corrected chi connectivity index (χ4v) is 3.93. The van der Waals surface area contributed by atoms with Gasteiger partial charge in [0.25, 0.3) is 0 Å². The third-order valence-electron chi connectivity index (χ3n) is 2.15. The van der Waals surface area contributed by atoms with Gasteiger partial charge in [-0.05, 0) is 62.3 Å². The van der Waals surface area contributed by atoms with Gasteiger partial charge < -0.3 is 0 Å². The number of hydrogen-bond donors (Lipinski definition) is 0. The predicted molar refractivity (Wildman–Crippen MR) is 88.9 cm³/mol. The van der Waals surface area contributed by atoms with Crippen LogP contribution in [0.2, 0.25) is 10.0 Å². The summed E-state index contributed by atoms with van der Waals surface area (Å²) in [4.78, 5) is 1.00. The predicted octanol–water partition coefficient (Wildman–Crippen LogP) is 6.75. The van der Waals surface area contributed by atoms with Gasteiger partial charge in [-0.15, -0.1) is 22.9 Å². The smallest absolute Gasteiger partial charge is 0.0929 e. The molecule has 0 aliphatic heterocycles. The van der Waals surface area contributed by atoms with Crippen LogP contribution in [0.5, 0.6) is 0 Å². The van der Waals surface area contributed by atoms with Crippen LogP contribution in [-0.2, 0) is 0 Å². The lowest BCUT2D eigenvalue weighted by molar-refractivity contribution is 1.18. The topological polar surface area (TPSA) is 0 Å². The number of rotatable bonds is 2. The van der Waals surface area contributed by atoms with Gasteiger partial charge in [0.15, 0.2) is 0 Å². The normalized spacial score (nSPS) is 12.8. The van der Waals surface area contributed by atoms with E-state index in [9.17, 15) is 0 Å². The number of thiophene rings is 1. The van der Waals surface area contributed by atoms with Gasteiger partial charge >= 0.3 is 0 Å². The molecular formula is C11H5BrCl3IS. The number of alkyl halides is 1. The van der Waals surface area contributed by atoms with Crippen molar-refractivity contribution in [2.24, 2.45) is 0 Å². The van der Waals surface area contributed by atoms with E-state index in [1.54, 1.807) is 0 Å². The van der Waals surface area contributed by atoms with Crippen molar-refractivity contribution in [2.75, 3.05) is 0 Å². The summed E-state index contributed by atoms with van der Waals surface area (Å²) < 4.78 is 1.92. The van der Waals surface area contributed by atoms with E-state index >= 15 is 0 Å². The highest BCUT2D eigenvalue weighted by molar-refractivity contribution is 14.1. The summed E-state index contributed by atoms with van der Waals surface area (Å²) in [5.74, 6) is 0. The Labute approximate surface area is 141 Å². The molecule has 1 atom stereocenters. The Balaban J connectivity index is 2.36.